The van der Waals surface area contributed by atoms with Gasteiger partial charge in [-0.3, -0.25) is 9.59 Å². The maximum Gasteiger partial charge on any atom is 0.410 e. The summed E-state index contributed by atoms with van der Waals surface area (Å²) in [6, 6.07) is 8.80. The summed E-state index contributed by atoms with van der Waals surface area (Å²) < 4.78 is 18.0. The summed E-state index contributed by atoms with van der Waals surface area (Å²) in [5, 5.41) is 11.0. The quantitative estimate of drug-likeness (QED) is 0.347. The number of primary amides is 1. The summed E-state index contributed by atoms with van der Waals surface area (Å²) in [5.41, 5.74) is 11.3. The number of amides is 3. The van der Waals surface area contributed by atoms with E-state index < -0.39 is 29.5 Å². The molecule has 0 spiro atoms. The van der Waals surface area contributed by atoms with Crippen LogP contribution in [0.3, 0.4) is 0 Å². The largest absolute Gasteiger partial charge is 0.443 e. The van der Waals surface area contributed by atoms with Crippen LogP contribution in [0.4, 0.5) is 4.79 Å². The molecule has 0 radical (unpaired) electrons. The van der Waals surface area contributed by atoms with Gasteiger partial charge in [0.1, 0.15) is 31.2 Å². The number of hydrogen-bond acceptors (Lipinski definition) is 9. The number of benzene rings is 1. The number of rotatable bonds is 11. The predicted molar refractivity (Wildman–Crippen MR) is 123 cm³/mol. The minimum atomic E-state index is -1.15. The molecule has 0 aliphatic rings. The number of nitrogens with two attached hydrogens (primary N) is 2. The van der Waals surface area contributed by atoms with Crippen molar-refractivity contribution in [2.24, 2.45) is 11.5 Å². The Balaban J connectivity index is 1.80. The van der Waals surface area contributed by atoms with Crippen molar-refractivity contribution < 1.29 is 28.3 Å². The molecule has 35 heavy (non-hydrogen) atoms. The second kappa shape index (κ2) is 11.0. The number of oxazole rings is 1. The molecule has 1 atom stereocenters. The highest BCUT2D eigenvalue weighted by Crippen LogP contribution is 2.19. The second-order valence-corrected chi connectivity index (χ2v) is 8.53. The minimum Gasteiger partial charge on any atom is -0.443 e. The molecule has 13 heteroatoms. The van der Waals surface area contributed by atoms with Crippen molar-refractivity contribution in [3.63, 3.8) is 0 Å². The lowest BCUT2D eigenvalue weighted by Crippen LogP contribution is -2.51. The van der Waals surface area contributed by atoms with Gasteiger partial charge in [0.25, 0.3) is 0 Å². The van der Waals surface area contributed by atoms with Gasteiger partial charge in [0.15, 0.2) is 5.82 Å². The molecule has 0 bridgehead atoms. The summed E-state index contributed by atoms with van der Waals surface area (Å²) in [4.78, 5) is 36.9. The van der Waals surface area contributed by atoms with Gasteiger partial charge < -0.3 is 35.6 Å². The molecule has 0 saturated carbocycles. The van der Waals surface area contributed by atoms with E-state index in [1.54, 1.807) is 13.8 Å². The molecule has 3 amide bonds. The van der Waals surface area contributed by atoms with Crippen LogP contribution in [0, 0.1) is 0 Å². The van der Waals surface area contributed by atoms with E-state index in [-0.39, 0.29) is 25.6 Å². The molecule has 2 aromatic heterocycles. The molecule has 3 rings (SSSR count). The zero-order valence-electron chi connectivity index (χ0n) is 19.8. The van der Waals surface area contributed by atoms with Crippen LogP contribution in [-0.4, -0.2) is 63.1 Å². The summed E-state index contributed by atoms with van der Waals surface area (Å²) in [5.74, 6) is -0.665. The van der Waals surface area contributed by atoms with Crippen LogP contribution in [0.25, 0.3) is 5.84 Å². The number of ether oxygens (including phenoxy) is 2. The van der Waals surface area contributed by atoms with Gasteiger partial charge in [0.05, 0.1) is 18.8 Å². The SMILES string of the molecule is CN(CC(N)=O)C(=O)OCc1coc2nnc([C@@H](COCc3ccccc3)NC(=O)C(C)(C)N)n12. The molecule has 2 heterocycles. The highest BCUT2D eigenvalue weighted by Gasteiger charge is 2.29. The molecule has 188 valence electrons. The Bertz CT molecular complexity index is 1170. The third-order valence-electron chi connectivity index (χ3n) is 4.89. The molecule has 3 aromatic rings. The summed E-state index contributed by atoms with van der Waals surface area (Å²) >= 11 is 0. The Morgan fingerprint density at radius 1 is 1.20 bits per heavy atom. The van der Waals surface area contributed by atoms with E-state index in [1.807, 2.05) is 30.3 Å². The van der Waals surface area contributed by atoms with Crippen molar-refractivity contribution in [2.75, 3.05) is 20.2 Å². The molecule has 0 fully saturated rings. The summed E-state index contributed by atoms with van der Waals surface area (Å²) in [6.45, 7) is 3.02. The van der Waals surface area contributed by atoms with Gasteiger partial charge in [-0.05, 0) is 19.4 Å². The number of nitrogens with zero attached hydrogens (tertiary/aromatic N) is 4. The van der Waals surface area contributed by atoms with E-state index in [4.69, 9.17) is 25.4 Å². The maximum absolute atomic E-state index is 12.7. The fraction of sp³-hybridized carbons (Fsp3) is 0.409. The molecule has 0 saturated heterocycles. The van der Waals surface area contributed by atoms with Gasteiger partial charge >= 0.3 is 11.9 Å². The first-order valence-corrected chi connectivity index (χ1v) is 10.8. The highest BCUT2D eigenvalue weighted by molar-refractivity contribution is 5.85. The smallest absolute Gasteiger partial charge is 0.410 e. The van der Waals surface area contributed by atoms with Gasteiger partial charge in [-0.25, -0.2) is 9.20 Å². The molecule has 1 aromatic carbocycles. The molecule has 0 aliphatic carbocycles. The van der Waals surface area contributed by atoms with Gasteiger partial charge in [0.2, 0.25) is 11.8 Å². The average molecular weight is 488 g/mol. The second-order valence-electron chi connectivity index (χ2n) is 8.53. The lowest BCUT2D eigenvalue weighted by Gasteiger charge is -2.23. The Morgan fingerprint density at radius 2 is 1.91 bits per heavy atom. The van der Waals surface area contributed by atoms with E-state index in [1.165, 1.54) is 17.7 Å². The van der Waals surface area contributed by atoms with E-state index in [0.717, 1.165) is 10.5 Å². The maximum atomic E-state index is 12.7. The van der Waals surface area contributed by atoms with Crippen molar-refractivity contribution in [3.8, 4) is 0 Å². The Kier molecular flexibility index (Phi) is 8.04. The first kappa shape index (κ1) is 25.6. The standard InChI is InChI=1S/C22H29N7O6/c1-22(2,24)19(31)25-16(13-33-10-14-7-5-4-6-8-14)18-26-27-20-29(18)15(11-34-20)12-35-21(32)28(3)9-17(23)30/h4-8,11,16H,9-10,12-13,24H2,1-3H3,(H2,23,30)(H,25,31)/t16-/m1/s1. The van der Waals surface area contributed by atoms with Crippen LogP contribution in [-0.2, 0) is 32.3 Å². The monoisotopic (exact) mass is 487 g/mol. The molecular formula is C22H29N7O6. The lowest BCUT2D eigenvalue weighted by atomic mass is 10.1. The van der Waals surface area contributed by atoms with Crippen LogP contribution in [0.2, 0.25) is 0 Å². The first-order chi connectivity index (χ1) is 16.6. The average Bonchev–Trinajstić information content (AvgIpc) is 3.39. The number of hydrogen-bond donors (Lipinski definition) is 3. The number of aromatic nitrogens is 3. The summed E-state index contributed by atoms with van der Waals surface area (Å²) in [6.07, 6.45) is 0.597. The third kappa shape index (κ3) is 6.77. The molecule has 5 N–H and O–H groups in total. The van der Waals surface area contributed by atoms with Crippen molar-refractivity contribution in [1.29, 1.82) is 0 Å². The van der Waals surface area contributed by atoms with Gasteiger partial charge in [-0.1, -0.05) is 35.4 Å². The number of nitrogens with one attached hydrogen (secondary N) is 1. The lowest BCUT2D eigenvalue weighted by molar-refractivity contribution is -0.126. The number of likely N-dealkylation sites (N-methyl/N-ethyl adjacent to an activating group) is 1. The van der Waals surface area contributed by atoms with E-state index >= 15 is 0 Å². The topological polar surface area (TPSA) is 180 Å². The predicted octanol–water partition coefficient (Wildman–Crippen LogP) is 0.487. The highest BCUT2D eigenvalue weighted by atomic mass is 16.6. The van der Waals surface area contributed by atoms with Gasteiger partial charge in [-0.2, -0.15) is 0 Å². The zero-order chi connectivity index (χ0) is 25.6. The number of carbonyl (C=O) groups is 3. The Morgan fingerprint density at radius 3 is 2.57 bits per heavy atom. The summed E-state index contributed by atoms with van der Waals surface area (Å²) in [7, 11) is 1.38. The molecular weight excluding hydrogens is 458 g/mol. The third-order valence-corrected chi connectivity index (χ3v) is 4.89. The van der Waals surface area contributed by atoms with E-state index in [0.29, 0.717) is 18.1 Å². The van der Waals surface area contributed by atoms with Crippen molar-refractivity contribution in [3.05, 3.63) is 53.7 Å². The van der Waals surface area contributed by atoms with Crippen LogP contribution in [0.5, 0.6) is 0 Å². The van der Waals surface area contributed by atoms with Gasteiger partial charge in [-0.15, -0.1) is 5.10 Å². The van der Waals surface area contributed by atoms with Crippen molar-refractivity contribution >= 4 is 23.8 Å². The van der Waals surface area contributed by atoms with E-state index in [2.05, 4.69) is 15.5 Å². The molecule has 0 unspecified atom stereocenters. The fourth-order valence-corrected chi connectivity index (χ4v) is 3.06. The Labute approximate surface area is 201 Å². The van der Waals surface area contributed by atoms with Crippen molar-refractivity contribution in [1.82, 2.24) is 24.8 Å². The molecule has 0 aliphatic heterocycles. The fourth-order valence-electron chi connectivity index (χ4n) is 3.06. The van der Waals surface area contributed by atoms with Gasteiger partial charge in [0, 0.05) is 7.05 Å². The van der Waals surface area contributed by atoms with E-state index in [9.17, 15) is 14.4 Å². The van der Waals surface area contributed by atoms with Crippen molar-refractivity contribution in [2.45, 2.75) is 38.6 Å². The number of fused-ring (bicyclic) bond motifs is 1. The van der Waals surface area contributed by atoms with Crippen LogP contribution in [0.15, 0.2) is 41.0 Å². The van der Waals surface area contributed by atoms with Crippen LogP contribution < -0.4 is 16.8 Å². The molecule has 13 nitrogen and oxygen atoms in total. The Hall–Kier alpha value is -3.97. The minimum absolute atomic E-state index is 0.0588. The normalized spacial score (nSPS) is 12.3. The van der Waals surface area contributed by atoms with Crippen LogP contribution >= 0.6 is 0 Å². The number of carbonyl (C=O) groups excluding carboxylic acids is 3. The zero-order valence-corrected chi connectivity index (χ0v) is 19.8. The first-order valence-electron chi connectivity index (χ1n) is 10.8. The van der Waals surface area contributed by atoms with Crippen LogP contribution in [0.1, 0.15) is 37.0 Å².